The highest BCUT2D eigenvalue weighted by atomic mass is 16.2. The quantitative estimate of drug-likeness (QED) is 0.430. The van der Waals surface area contributed by atoms with Gasteiger partial charge in [-0.3, -0.25) is 9.59 Å². The first-order chi connectivity index (χ1) is 15.8. The van der Waals surface area contributed by atoms with Crippen LogP contribution in [0.2, 0.25) is 0 Å². The van der Waals surface area contributed by atoms with E-state index in [1.165, 1.54) is 11.1 Å². The normalized spacial score (nSPS) is 11.8. The fourth-order valence-corrected chi connectivity index (χ4v) is 3.66. The van der Waals surface area contributed by atoms with Gasteiger partial charge >= 0.3 is 0 Å². The summed E-state index contributed by atoms with van der Waals surface area (Å²) in [7, 11) is 0. The van der Waals surface area contributed by atoms with Crippen molar-refractivity contribution >= 4 is 23.2 Å². The van der Waals surface area contributed by atoms with Gasteiger partial charge in [-0.25, -0.2) is 0 Å². The molecule has 0 radical (unpaired) electrons. The van der Waals surface area contributed by atoms with E-state index in [2.05, 4.69) is 52.2 Å². The van der Waals surface area contributed by atoms with Gasteiger partial charge in [0.2, 0.25) is 0 Å². The average molecular weight is 457 g/mol. The molecular formula is C30H36N2O2. The molecule has 34 heavy (non-hydrogen) atoms. The summed E-state index contributed by atoms with van der Waals surface area (Å²) in [4.78, 5) is 26.0. The molecule has 0 fully saturated rings. The fourth-order valence-electron chi connectivity index (χ4n) is 3.66. The minimum Gasteiger partial charge on any atom is -0.320 e. The predicted molar refractivity (Wildman–Crippen MR) is 142 cm³/mol. The third-order valence-electron chi connectivity index (χ3n) is 6.16. The Balaban J connectivity index is 1.83. The van der Waals surface area contributed by atoms with E-state index in [9.17, 15) is 9.59 Å². The van der Waals surface area contributed by atoms with E-state index in [-0.39, 0.29) is 22.6 Å². The molecule has 0 saturated carbocycles. The molecule has 2 N–H and O–H groups in total. The van der Waals surface area contributed by atoms with Crippen LogP contribution in [0.5, 0.6) is 0 Å². The Labute approximate surface area is 203 Å². The SMILES string of the molecule is Cc1cc(NC(=O)c2ccc(C(C)(C)C)cc2)c(NC(=O)c2ccc(C(C)(C)C)cc2)cc1C. The lowest BCUT2D eigenvalue weighted by atomic mass is 9.86. The maximum atomic E-state index is 13.0. The van der Waals surface area contributed by atoms with E-state index in [1.54, 1.807) is 0 Å². The Morgan fingerprint density at radius 3 is 1.12 bits per heavy atom. The second-order valence-electron chi connectivity index (χ2n) is 11.0. The first-order valence-corrected chi connectivity index (χ1v) is 11.7. The average Bonchev–Trinajstić information content (AvgIpc) is 2.76. The molecule has 178 valence electrons. The predicted octanol–water partition coefficient (Wildman–Crippen LogP) is 7.40. The molecule has 0 atom stereocenters. The zero-order valence-corrected chi connectivity index (χ0v) is 21.6. The van der Waals surface area contributed by atoms with Gasteiger partial charge in [-0.1, -0.05) is 65.8 Å². The lowest BCUT2D eigenvalue weighted by Gasteiger charge is -2.20. The van der Waals surface area contributed by atoms with Crippen LogP contribution < -0.4 is 10.6 Å². The minimum absolute atomic E-state index is 0.0195. The first kappa shape index (κ1) is 25.2. The Morgan fingerprint density at radius 1 is 0.559 bits per heavy atom. The number of rotatable bonds is 4. The van der Waals surface area contributed by atoms with Gasteiger partial charge < -0.3 is 10.6 Å². The van der Waals surface area contributed by atoms with E-state index in [0.29, 0.717) is 22.5 Å². The van der Waals surface area contributed by atoms with Gasteiger partial charge in [0.25, 0.3) is 11.8 Å². The monoisotopic (exact) mass is 456 g/mol. The van der Waals surface area contributed by atoms with Crippen molar-refractivity contribution < 1.29 is 9.59 Å². The lowest BCUT2D eigenvalue weighted by Crippen LogP contribution is -2.18. The van der Waals surface area contributed by atoms with Crippen molar-refractivity contribution in [1.29, 1.82) is 0 Å². The molecule has 3 rings (SSSR count). The van der Waals surface area contributed by atoms with Crippen molar-refractivity contribution in [3.63, 3.8) is 0 Å². The number of amides is 2. The summed E-state index contributed by atoms with van der Waals surface area (Å²) in [6, 6.07) is 19.1. The molecule has 4 heteroatoms. The van der Waals surface area contributed by atoms with Gasteiger partial charge in [0.1, 0.15) is 0 Å². The molecule has 0 spiro atoms. The molecule has 0 aliphatic carbocycles. The van der Waals surface area contributed by atoms with Crippen LogP contribution in [0.25, 0.3) is 0 Å². The third kappa shape index (κ3) is 5.93. The Morgan fingerprint density at radius 2 is 0.853 bits per heavy atom. The van der Waals surface area contributed by atoms with Crippen molar-refractivity contribution in [3.05, 3.63) is 94.0 Å². The summed E-state index contributed by atoms with van der Waals surface area (Å²) < 4.78 is 0. The van der Waals surface area contributed by atoms with Gasteiger partial charge in [-0.2, -0.15) is 0 Å². The summed E-state index contributed by atoms with van der Waals surface area (Å²) in [5, 5.41) is 5.97. The Hall–Kier alpha value is -3.40. The van der Waals surface area contributed by atoms with Crippen molar-refractivity contribution in [1.82, 2.24) is 0 Å². The van der Waals surface area contributed by atoms with Gasteiger partial charge in [0.15, 0.2) is 0 Å². The number of anilines is 2. The molecule has 0 aliphatic rings. The number of hydrogen-bond acceptors (Lipinski definition) is 2. The summed E-state index contributed by atoms with van der Waals surface area (Å²) in [6.45, 7) is 16.8. The van der Waals surface area contributed by atoms with E-state index >= 15 is 0 Å². The fraction of sp³-hybridized carbons (Fsp3) is 0.333. The number of carbonyl (C=O) groups excluding carboxylic acids is 2. The largest absolute Gasteiger partial charge is 0.320 e. The van der Waals surface area contributed by atoms with Crippen LogP contribution in [-0.4, -0.2) is 11.8 Å². The van der Waals surface area contributed by atoms with Crippen LogP contribution >= 0.6 is 0 Å². The number of aryl methyl sites for hydroxylation is 2. The van der Waals surface area contributed by atoms with Crippen LogP contribution in [0.3, 0.4) is 0 Å². The van der Waals surface area contributed by atoms with Gasteiger partial charge in [-0.15, -0.1) is 0 Å². The summed E-state index contributed by atoms with van der Waals surface area (Å²) in [6.07, 6.45) is 0. The third-order valence-corrected chi connectivity index (χ3v) is 6.16. The topological polar surface area (TPSA) is 58.2 Å². The molecule has 4 nitrogen and oxygen atoms in total. The molecule has 0 bridgehead atoms. The number of nitrogens with one attached hydrogen (secondary N) is 2. The highest BCUT2D eigenvalue weighted by Gasteiger charge is 2.18. The van der Waals surface area contributed by atoms with E-state index in [4.69, 9.17) is 0 Å². The van der Waals surface area contributed by atoms with Crippen molar-refractivity contribution in [3.8, 4) is 0 Å². The highest BCUT2D eigenvalue weighted by Crippen LogP contribution is 2.28. The number of carbonyl (C=O) groups is 2. The van der Waals surface area contributed by atoms with Crippen LogP contribution in [0.4, 0.5) is 11.4 Å². The highest BCUT2D eigenvalue weighted by molar-refractivity contribution is 6.10. The molecule has 0 aliphatic heterocycles. The van der Waals surface area contributed by atoms with Crippen LogP contribution in [0, 0.1) is 13.8 Å². The molecular weight excluding hydrogens is 420 g/mol. The standard InChI is InChI=1S/C30H36N2O2/c1-19-17-25(31-27(33)21-9-13-23(14-10-21)29(3,4)5)26(18-20(19)2)32-28(34)22-11-15-24(16-12-22)30(6,7)8/h9-18H,1-8H3,(H,31,33)(H,32,34). The maximum Gasteiger partial charge on any atom is 0.255 e. The zero-order chi connectivity index (χ0) is 25.3. The molecule has 0 saturated heterocycles. The van der Waals surface area contributed by atoms with E-state index < -0.39 is 0 Å². The van der Waals surface area contributed by atoms with Crippen LogP contribution in [0.15, 0.2) is 60.7 Å². The van der Waals surface area contributed by atoms with E-state index in [0.717, 1.165) is 11.1 Å². The number of hydrogen-bond donors (Lipinski definition) is 2. The second kappa shape index (κ2) is 9.46. The van der Waals surface area contributed by atoms with Crippen molar-refractivity contribution in [2.45, 2.75) is 66.2 Å². The Kier molecular flexibility index (Phi) is 7.02. The zero-order valence-electron chi connectivity index (χ0n) is 21.6. The van der Waals surface area contributed by atoms with Gasteiger partial charge in [0, 0.05) is 11.1 Å². The maximum absolute atomic E-state index is 13.0. The lowest BCUT2D eigenvalue weighted by molar-refractivity contribution is 0.101. The van der Waals surface area contributed by atoms with Gasteiger partial charge in [-0.05, 0) is 83.3 Å². The molecule has 0 aromatic heterocycles. The molecule has 3 aromatic carbocycles. The van der Waals surface area contributed by atoms with Crippen molar-refractivity contribution in [2.75, 3.05) is 10.6 Å². The van der Waals surface area contributed by atoms with E-state index in [1.807, 2.05) is 74.5 Å². The molecule has 3 aromatic rings. The number of benzene rings is 3. The second-order valence-corrected chi connectivity index (χ2v) is 11.0. The first-order valence-electron chi connectivity index (χ1n) is 11.7. The molecule has 2 amide bonds. The minimum atomic E-state index is -0.214. The van der Waals surface area contributed by atoms with Gasteiger partial charge in [0.05, 0.1) is 11.4 Å². The molecule has 0 unspecified atom stereocenters. The van der Waals surface area contributed by atoms with Crippen LogP contribution in [-0.2, 0) is 10.8 Å². The summed E-state index contributed by atoms with van der Waals surface area (Å²) in [5.74, 6) is -0.428. The van der Waals surface area contributed by atoms with Crippen molar-refractivity contribution in [2.24, 2.45) is 0 Å². The molecule has 0 heterocycles. The smallest absolute Gasteiger partial charge is 0.255 e. The summed E-state index contributed by atoms with van der Waals surface area (Å²) >= 11 is 0. The van der Waals surface area contributed by atoms with Crippen LogP contribution in [0.1, 0.15) is 84.5 Å². The Bertz CT molecular complexity index is 1100. The summed E-state index contributed by atoms with van der Waals surface area (Å²) in [5.41, 5.74) is 6.73.